The van der Waals surface area contributed by atoms with E-state index in [-0.39, 0.29) is 16.4 Å². The van der Waals surface area contributed by atoms with E-state index >= 15 is 0 Å². The van der Waals surface area contributed by atoms with Crippen LogP contribution < -0.4 is 15.1 Å². The highest BCUT2D eigenvalue weighted by molar-refractivity contribution is 7.80. The Labute approximate surface area is 178 Å². The van der Waals surface area contributed by atoms with E-state index in [1.54, 1.807) is 19.1 Å². The molecule has 0 radical (unpaired) electrons. The lowest BCUT2D eigenvalue weighted by Gasteiger charge is -2.29. The first-order chi connectivity index (χ1) is 14.4. The van der Waals surface area contributed by atoms with Crippen LogP contribution in [0.1, 0.15) is 24.0 Å². The van der Waals surface area contributed by atoms with Crippen molar-refractivity contribution in [1.29, 1.82) is 0 Å². The Morgan fingerprint density at radius 1 is 1.03 bits per heavy atom. The van der Waals surface area contributed by atoms with Gasteiger partial charge in [-0.1, -0.05) is 12.1 Å². The number of hydrogen-bond acceptors (Lipinski definition) is 4. The number of nitrogens with one attached hydrogen (secondary N) is 1. The zero-order valence-electron chi connectivity index (χ0n) is 16.2. The average Bonchev–Trinajstić information content (AvgIpc) is 3.23. The highest BCUT2D eigenvalue weighted by Gasteiger charge is 2.35. The summed E-state index contributed by atoms with van der Waals surface area (Å²) in [7, 11) is 0. The van der Waals surface area contributed by atoms with Crippen LogP contribution in [0.4, 0.5) is 20.2 Å². The van der Waals surface area contributed by atoms with Crippen molar-refractivity contribution in [2.75, 3.05) is 22.9 Å². The Balaban J connectivity index is 1.73. The Kier molecular flexibility index (Phi) is 5.34. The molecule has 154 valence electrons. The van der Waals surface area contributed by atoms with Crippen molar-refractivity contribution in [2.24, 2.45) is 0 Å². The molecule has 2 aliphatic heterocycles. The van der Waals surface area contributed by atoms with Crippen molar-refractivity contribution in [2.45, 2.75) is 19.8 Å². The standard InChI is InChI=1S/C22H19F2N3O2S/c1-13-10-19(26-8-4-5-9-26)17(24)12-14(13)11-15-20(28)25-22(30)27(21(15)29)18-7-3-2-6-16(18)23/h2-3,6-7,10-12H,4-5,8-9H2,1H3,(H,25,28,30). The van der Waals surface area contributed by atoms with Crippen LogP contribution >= 0.6 is 12.2 Å². The second-order valence-electron chi connectivity index (χ2n) is 7.26. The van der Waals surface area contributed by atoms with Gasteiger partial charge in [0.05, 0.1) is 11.4 Å². The second-order valence-corrected chi connectivity index (χ2v) is 7.65. The van der Waals surface area contributed by atoms with Crippen LogP contribution in [0.25, 0.3) is 6.08 Å². The zero-order chi connectivity index (χ0) is 21.4. The number of carbonyl (C=O) groups is 2. The third-order valence-electron chi connectivity index (χ3n) is 5.28. The number of carbonyl (C=O) groups excluding carboxylic acids is 2. The van der Waals surface area contributed by atoms with E-state index in [9.17, 15) is 18.4 Å². The summed E-state index contributed by atoms with van der Waals surface area (Å²) in [5, 5.41) is 2.20. The maximum Gasteiger partial charge on any atom is 0.270 e. The molecular formula is C22H19F2N3O2S. The number of nitrogens with zero attached hydrogens (tertiary/aromatic N) is 2. The van der Waals surface area contributed by atoms with Crippen molar-refractivity contribution in [3.05, 3.63) is 64.7 Å². The number of aryl methyl sites for hydroxylation is 1. The summed E-state index contributed by atoms with van der Waals surface area (Å²) >= 11 is 5.08. The smallest absolute Gasteiger partial charge is 0.270 e. The monoisotopic (exact) mass is 427 g/mol. The van der Waals surface area contributed by atoms with Gasteiger partial charge in [0.2, 0.25) is 0 Å². The molecule has 2 amide bonds. The maximum atomic E-state index is 14.7. The van der Waals surface area contributed by atoms with Crippen molar-refractivity contribution in [1.82, 2.24) is 5.32 Å². The molecule has 2 saturated heterocycles. The minimum atomic E-state index is -0.766. The summed E-state index contributed by atoms with van der Waals surface area (Å²) in [5.74, 6) is -2.54. The molecule has 2 fully saturated rings. The molecule has 8 heteroatoms. The summed E-state index contributed by atoms with van der Waals surface area (Å²) < 4.78 is 29.0. The predicted octanol–water partition coefficient (Wildman–Crippen LogP) is 3.70. The van der Waals surface area contributed by atoms with Crippen LogP contribution in [0.15, 0.2) is 42.0 Å². The number of para-hydroxylation sites is 1. The zero-order valence-corrected chi connectivity index (χ0v) is 17.1. The second kappa shape index (κ2) is 7.95. The van der Waals surface area contributed by atoms with Gasteiger partial charge in [-0.05, 0) is 73.5 Å². The van der Waals surface area contributed by atoms with E-state index < -0.39 is 23.4 Å². The van der Waals surface area contributed by atoms with Crippen LogP contribution in [-0.4, -0.2) is 30.0 Å². The summed E-state index contributed by atoms with van der Waals surface area (Å²) in [6, 6.07) is 8.67. The summed E-state index contributed by atoms with van der Waals surface area (Å²) in [6.45, 7) is 3.38. The lowest BCUT2D eigenvalue weighted by molar-refractivity contribution is -0.122. The van der Waals surface area contributed by atoms with Crippen LogP contribution in [0.3, 0.4) is 0 Å². The van der Waals surface area contributed by atoms with Crippen molar-refractivity contribution >= 4 is 46.6 Å². The molecule has 1 N–H and O–H groups in total. The van der Waals surface area contributed by atoms with Gasteiger partial charge in [0.25, 0.3) is 11.8 Å². The number of thiocarbonyl (C=S) groups is 1. The number of hydrogen-bond donors (Lipinski definition) is 1. The lowest BCUT2D eigenvalue weighted by Crippen LogP contribution is -2.54. The van der Waals surface area contributed by atoms with E-state index in [0.29, 0.717) is 11.3 Å². The Hall–Kier alpha value is -3.13. The van der Waals surface area contributed by atoms with Crippen molar-refractivity contribution in [3.8, 4) is 0 Å². The van der Waals surface area contributed by atoms with Gasteiger partial charge in [-0.25, -0.2) is 13.7 Å². The van der Waals surface area contributed by atoms with E-state index in [0.717, 1.165) is 36.4 Å². The average molecular weight is 427 g/mol. The number of amides is 2. The van der Waals surface area contributed by atoms with Gasteiger partial charge < -0.3 is 4.90 Å². The van der Waals surface area contributed by atoms with Crippen molar-refractivity contribution < 1.29 is 18.4 Å². The first kappa shape index (κ1) is 20.2. The molecule has 2 aliphatic rings. The lowest BCUT2D eigenvalue weighted by atomic mass is 10.0. The Morgan fingerprint density at radius 3 is 2.43 bits per heavy atom. The van der Waals surface area contributed by atoms with E-state index in [4.69, 9.17) is 12.2 Å². The number of rotatable bonds is 3. The summed E-state index contributed by atoms with van der Waals surface area (Å²) in [4.78, 5) is 28.4. The molecule has 5 nitrogen and oxygen atoms in total. The van der Waals surface area contributed by atoms with Crippen LogP contribution in [0.2, 0.25) is 0 Å². The summed E-state index contributed by atoms with van der Waals surface area (Å²) in [6.07, 6.45) is 3.36. The largest absolute Gasteiger partial charge is 0.369 e. The fourth-order valence-electron chi connectivity index (χ4n) is 3.70. The van der Waals surface area contributed by atoms with Crippen molar-refractivity contribution in [3.63, 3.8) is 0 Å². The maximum absolute atomic E-state index is 14.7. The molecule has 2 aromatic rings. The first-order valence-corrected chi connectivity index (χ1v) is 9.98. The molecule has 0 atom stereocenters. The third kappa shape index (κ3) is 3.59. The molecule has 0 aliphatic carbocycles. The quantitative estimate of drug-likeness (QED) is 0.461. The van der Waals surface area contributed by atoms with Gasteiger partial charge in [0.15, 0.2) is 5.11 Å². The SMILES string of the molecule is Cc1cc(N2CCCC2)c(F)cc1C=C1C(=O)NC(=S)N(c2ccccc2F)C1=O. The van der Waals surface area contributed by atoms with Crippen LogP contribution in [-0.2, 0) is 9.59 Å². The fourth-order valence-corrected chi connectivity index (χ4v) is 3.98. The summed E-state index contributed by atoms with van der Waals surface area (Å²) in [5.41, 5.74) is 1.32. The van der Waals surface area contributed by atoms with E-state index in [1.165, 1.54) is 30.3 Å². The Bertz CT molecular complexity index is 1090. The molecule has 0 spiro atoms. The molecule has 4 rings (SSSR count). The number of halogens is 2. The van der Waals surface area contributed by atoms with Gasteiger partial charge in [0, 0.05) is 13.1 Å². The van der Waals surface area contributed by atoms with Crippen LogP contribution in [0, 0.1) is 18.6 Å². The molecule has 30 heavy (non-hydrogen) atoms. The van der Waals surface area contributed by atoms with Gasteiger partial charge in [-0.3, -0.25) is 14.9 Å². The molecule has 2 aromatic carbocycles. The number of anilines is 2. The normalized spacial score (nSPS) is 18.4. The molecule has 0 saturated carbocycles. The molecule has 0 unspecified atom stereocenters. The molecule has 0 bridgehead atoms. The predicted molar refractivity (Wildman–Crippen MR) is 115 cm³/mol. The topological polar surface area (TPSA) is 52.7 Å². The molecule has 0 aromatic heterocycles. The van der Waals surface area contributed by atoms with Gasteiger partial charge in [-0.2, -0.15) is 0 Å². The van der Waals surface area contributed by atoms with Gasteiger partial charge in [0.1, 0.15) is 17.2 Å². The van der Waals surface area contributed by atoms with Gasteiger partial charge in [-0.15, -0.1) is 0 Å². The third-order valence-corrected chi connectivity index (χ3v) is 5.56. The first-order valence-electron chi connectivity index (χ1n) is 9.58. The van der Waals surface area contributed by atoms with Crippen LogP contribution in [0.5, 0.6) is 0 Å². The highest BCUT2D eigenvalue weighted by atomic mass is 32.1. The van der Waals surface area contributed by atoms with E-state index in [2.05, 4.69) is 5.32 Å². The van der Waals surface area contributed by atoms with E-state index in [1.807, 2.05) is 4.90 Å². The van der Waals surface area contributed by atoms with Gasteiger partial charge >= 0.3 is 0 Å². The number of benzene rings is 2. The molecule has 2 heterocycles. The minimum Gasteiger partial charge on any atom is -0.369 e. The minimum absolute atomic E-state index is 0.0642. The highest BCUT2D eigenvalue weighted by Crippen LogP contribution is 2.29. The fraction of sp³-hybridized carbons (Fsp3) is 0.227. The Morgan fingerprint density at radius 2 is 1.73 bits per heavy atom. The molecular weight excluding hydrogens is 408 g/mol.